The van der Waals surface area contributed by atoms with E-state index in [2.05, 4.69) is 16.9 Å². The molecule has 0 aliphatic heterocycles. The molecule has 0 amide bonds. The van der Waals surface area contributed by atoms with Crippen LogP contribution in [-0.4, -0.2) is 16.3 Å². The van der Waals surface area contributed by atoms with Gasteiger partial charge in [0.05, 0.1) is 24.8 Å². The quantitative estimate of drug-likeness (QED) is 0.733. The highest BCUT2D eigenvalue weighted by Gasteiger charge is 2.07. The first kappa shape index (κ1) is 13.3. The fourth-order valence-corrected chi connectivity index (χ4v) is 2.22. The lowest BCUT2D eigenvalue weighted by molar-refractivity contribution is 0.590. The largest absolute Gasteiger partial charge is 0.320 e. The Hall–Kier alpha value is -2.64. The Labute approximate surface area is 122 Å². The van der Waals surface area contributed by atoms with Gasteiger partial charge in [0.25, 0.3) is 0 Å². The average Bonchev–Trinajstić information content (AvgIpc) is 2.91. The first-order chi connectivity index (χ1) is 10.3. The first-order valence-corrected chi connectivity index (χ1v) is 6.66. The van der Waals surface area contributed by atoms with Crippen molar-refractivity contribution in [2.75, 3.05) is 6.54 Å². The Bertz CT molecular complexity index is 840. The zero-order valence-corrected chi connectivity index (χ0v) is 11.4. The zero-order valence-electron chi connectivity index (χ0n) is 11.4. The van der Waals surface area contributed by atoms with Gasteiger partial charge in [0, 0.05) is 16.5 Å². The molecule has 1 aromatic heterocycles. The highest BCUT2D eigenvalue weighted by molar-refractivity contribution is 5.78. The van der Waals surface area contributed by atoms with Crippen LogP contribution in [0.25, 0.3) is 10.9 Å². The van der Waals surface area contributed by atoms with Crippen molar-refractivity contribution in [3.8, 4) is 11.8 Å². The minimum atomic E-state index is -0.279. The molecule has 3 aromatic rings. The van der Waals surface area contributed by atoms with Gasteiger partial charge in [0.2, 0.25) is 0 Å². The number of para-hydroxylation sites is 1. The molecule has 3 rings (SSSR count). The number of halogens is 1. The van der Waals surface area contributed by atoms with E-state index in [1.807, 2.05) is 24.3 Å². The van der Waals surface area contributed by atoms with Crippen LogP contribution in [0, 0.1) is 17.7 Å². The average molecular weight is 279 g/mol. The molecule has 2 N–H and O–H groups in total. The molecule has 3 nitrogen and oxygen atoms in total. The van der Waals surface area contributed by atoms with E-state index in [0.717, 1.165) is 10.9 Å². The monoisotopic (exact) mass is 279 g/mol. The summed E-state index contributed by atoms with van der Waals surface area (Å²) < 4.78 is 15.9. The van der Waals surface area contributed by atoms with Gasteiger partial charge < -0.3 is 5.73 Å². The first-order valence-electron chi connectivity index (χ1n) is 6.66. The van der Waals surface area contributed by atoms with Gasteiger partial charge in [-0.1, -0.05) is 36.1 Å². The molecule has 0 aliphatic carbocycles. The van der Waals surface area contributed by atoms with Crippen molar-refractivity contribution in [1.82, 2.24) is 9.78 Å². The molecule has 0 unspecified atom stereocenters. The molecular formula is C17H14FN3. The van der Waals surface area contributed by atoms with Crippen LogP contribution in [0.2, 0.25) is 0 Å². The van der Waals surface area contributed by atoms with Gasteiger partial charge in [-0.25, -0.2) is 4.39 Å². The summed E-state index contributed by atoms with van der Waals surface area (Å²) in [6.45, 7) is 0.659. The lowest BCUT2D eigenvalue weighted by Gasteiger charge is -2.06. The number of benzene rings is 2. The van der Waals surface area contributed by atoms with Crippen molar-refractivity contribution < 1.29 is 4.39 Å². The number of fused-ring (bicyclic) bond motifs is 1. The van der Waals surface area contributed by atoms with Crippen molar-refractivity contribution in [2.45, 2.75) is 6.54 Å². The summed E-state index contributed by atoms with van der Waals surface area (Å²) >= 11 is 0. The van der Waals surface area contributed by atoms with Crippen molar-refractivity contribution >= 4 is 10.9 Å². The van der Waals surface area contributed by atoms with Crippen molar-refractivity contribution in [3.63, 3.8) is 0 Å². The topological polar surface area (TPSA) is 43.8 Å². The smallest absolute Gasteiger partial charge is 0.129 e. The maximum Gasteiger partial charge on any atom is 0.129 e. The summed E-state index contributed by atoms with van der Waals surface area (Å²) in [7, 11) is 0. The van der Waals surface area contributed by atoms with E-state index in [1.165, 1.54) is 6.07 Å². The number of aromatic nitrogens is 2. The Morgan fingerprint density at radius 1 is 1.19 bits per heavy atom. The van der Waals surface area contributed by atoms with E-state index < -0.39 is 0 Å². The maximum absolute atomic E-state index is 14.1. The molecule has 0 aliphatic rings. The number of nitrogens with two attached hydrogens (primary N) is 1. The summed E-state index contributed by atoms with van der Waals surface area (Å²) in [5, 5.41) is 5.35. The Morgan fingerprint density at radius 3 is 2.86 bits per heavy atom. The second kappa shape index (κ2) is 5.78. The molecule has 0 radical (unpaired) electrons. The van der Waals surface area contributed by atoms with E-state index in [4.69, 9.17) is 5.73 Å². The van der Waals surface area contributed by atoms with Gasteiger partial charge in [-0.2, -0.15) is 5.10 Å². The zero-order chi connectivity index (χ0) is 14.7. The van der Waals surface area contributed by atoms with Gasteiger partial charge in [0.15, 0.2) is 0 Å². The minimum absolute atomic E-state index is 0.267. The highest BCUT2D eigenvalue weighted by Crippen LogP contribution is 2.16. The van der Waals surface area contributed by atoms with E-state index in [9.17, 15) is 4.39 Å². The van der Waals surface area contributed by atoms with Gasteiger partial charge in [0.1, 0.15) is 5.82 Å². The Kier molecular flexibility index (Phi) is 3.67. The van der Waals surface area contributed by atoms with Crippen LogP contribution in [0.15, 0.2) is 48.7 Å². The maximum atomic E-state index is 14.1. The molecule has 0 fully saturated rings. The predicted molar refractivity (Wildman–Crippen MR) is 81.2 cm³/mol. The molecule has 1 heterocycles. The van der Waals surface area contributed by atoms with Crippen LogP contribution in [0.3, 0.4) is 0 Å². The molecule has 0 saturated carbocycles. The van der Waals surface area contributed by atoms with Crippen molar-refractivity contribution in [2.24, 2.45) is 5.73 Å². The molecule has 0 spiro atoms. The minimum Gasteiger partial charge on any atom is -0.320 e. The van der Waals surface area contributed by atoms with E-state index in [-0.39, 0.29) is 12.4 Å². The van der Waals surface area contributed by atoms with Crippen molar-refractivity contribution in [1.29, 1.82) is 0 Å². The summed E-state index contributed by atoms with van der Waals surface area (Å²) in [5.74, 6) is 5.26. The summed E-state index contributed by atoms with van der Waals surface area (Å²) in [5.41, 5.74) is 7.52. The normalized spacial score (nSPS) is 10.4. The highest BCUT2D eigenvalue weighted by atomic mass is 19.1. The SMILES string of the molecule is NCC#Cc1ccc(Cn2ncc3ccccc32)c(F)c1. The van der Waals surface area contributed by atoms with Crippen molar-refractivity contribution in [3.05, 3.63) is 65.6 Å². The molecule has 0 saturated heterocycles. The number of rotatable bonds is 2. The van der Waals surface area contributed by atoms with E-state index in [0.29, 0.717) is 17.7 Å². The Balaban J connectivity index is 1.91. The molecule has 2 aromatic carbocycles. The lowest BCUT2D eigenvalue weighted by Crippen LogP contribution is -2.03. The van der Waals surface area contributed by atoms with Gasteiger partial charge in [-0.15, -0.1) is 0 Å². The number of hydrogen-bond donors (Lipinski definition) is 1. The molecule has 0 bridgehead atoms. The lowest BCUT2D eigenvalue weighted by atomic mass is 10.1. The summed E-state index contributed by atoms with van der Waals surface area (Å²) in [6, 6.07) is 12.8. The van der Waals surface area contributed by atoms with Crippen LogP contribution in [0.1, 0.15) is 11.1 Å². The predicted octanol–water partition coefficient (Wildman–Crippen LogP) is 2.53. The van der Waals surface area contributed by atoms with Gasteiger partial charge in [-0.3, -0.25) is 4.68 Å². The fourth-order valence-electron chi connectivity index (χ4n) is 2.22. The van der Waals surface area contributed by atoms with Crippen LogP contribution in [0.5, 0.6) is 0 Å². The molecule has 0 atom stereocenters. The third-order valence-electron chi connectivity index (χ3n) is 3.26. The molecule has 4 heteroatoms. The van der Waals surface area contributed by atoms with Crippen LogP contribution < -0.4 is 5.73 Å². The molecule has 104 valence electrons. The second-order valence-electron chi connectivity index (χ2n) is 4.67. The van der Waals surface area contributed by atoms with Crippen LogP contribution in [0.4, 0.5) is 4.39 Å². The third-order valence-corrected chi connectivity index (χ3v) is 3.26. The van der Waals surface area contributed by atoms with E-state index in [1.54, 1.807) is 23.0 Å². The second-order valence-corrected chi connectivity index (χ2v) is 4.67. The van der Waals surface area contributed by atoms with Crippen LogP contribution >= 0.6 is 0 Å². The fraction of sp³-hybridized carbons (Fsp3) is 0.118. The van der Waals surface area contributed by atoms with Gasteiger partial charge in [-0.05, 0) is 18.2 Å². The van der Waals surface area contributed by atoms with Crippen LogP contribution in [-0.2, 0) is 6.54 Å². The third kappa shape index (κ3) is 2.78. The van der Waals surface area contributed by atoms with Gasteiger partial charge >= 0.3 is 0 Å². The summed E-state index contributed by atoms with van der Waals surface area (Å²) in [4.78, 5) is 0. The summed E-state index contributed by atoms with van der Waals surface area (Å²) in [6.07, 6.45) is 1.79. The molecular weight excluding hydrogens is 265 g/mol. The standard InChI is InChI=1S/C17H14FN3/c18-16-10-13(4-3-9-19)7-8-15(16)12-21-17-6-2-1-5-14(17)11-20-21/h1-2,5-8,10-11H,9,12,19H2. The number of nitrogens with zero attached hydrogens (tertiary/aromatic N) is 2. The molecule has 21 heavy (non-hydrogen) atoms. The van der Waals surface area contributed by atoms with E-state index >= 15 is 0 Å². The Morgan fingerprint density at radius 2 is 2.05 bits per heavy atom. The number of hydrogen-bond acceptors (Lipinski definition) is 2.